The van der Waals surface area contributed by atoms with Crippen LogP contribution in [0.25, 0.3) is 11.2 Å². The molecule has 2 rings (SSSR count). The number of pyridine rings is 1. The van der Waals surface area contributed by atoms with E-state index < -0.39 is 6.09 Å². The number of methoxy groups -OCH3 is 1. The molecule has 2 aromatic rings. The molecule has 0 saturated heterocycles. The van der Waals surface area contributed by atoms with Gasteiger partial charge in [-0.15, -0.1) is 9.78 Å². The molecule has 0 fully saturated rings. The average molecular weight is 178 g/mol. The minimum atomic E-state index is -0.574. The van der Waals surface area contributed by atoms with E-state index in [9.17, 15) is 4.79 Å². The van der Waals surface area contributed by atoms with Crippen LogP contribution in [0, 0.1) is 0 Å². The lowest BCUT2D eigenvalue weighted by atomic mass is 10.4. The van der Waals surface area contributed by atoms with Gasteiger partial charge in [-0.2, -0.15) is 0 Å². The van der Waals surface area contributed by atoms with Crippen molar-refractivity contribution in [3.8, 4) is 0 Å². The molecule has 0 spiro atoms. The molecule has 13 heavy (non-hydrogen) atoms. The van der Waals surface area contributed by atoms with Crippen molar-refractivity contribution in [1.29, 1.82) is 0 Å². The van der Waals surface area contributed by atoms with Crippen LogP contribution in [0.3, 0.4) is 0 Å². The van der Waals surface area contributed by atoms with Crippen molar-refractivity contribution in [3.63, 3.8) is 0 Å². The zero-order valence-electron chi connectivity index (χ0n) is 6.84. The molecule has 0 amide bonds. The maximum Gasteiger partial charge on any atom is 0.436 e. The molecule has 0 atom stereocenters. The molecule has 0 bridgehead atoms. The summed E-state index contributed by atoms with van der Waals surface area (Å²) in [5, 5.41) is 7.28. The number of aromatic nitrogens is 4. The summed E-state index contributed by atoms with van der Waals surface area (Å²) in [5.41, 5.74) is 0.960. The van der Waals surface area contributed by atoms with E-state index in [4.69, 9.17) is 0 Å². The van der Waals surface area contributed by atoms with Crippen molar-refractivity contribution >= 4 is 17.3 Å². The molecular formula is C7H6N4O2. The summed E-state index contributed by atoms with van der Waals surface area (Å²) in [5.74, 6) is 0. The van der Waals surface area contributed by atoms with Crippen LogP contribution in [0.15, 0.2) is 18.3 Å². The SMILES string of the molecule is COC(=O)n1nnc2ncccc21. The van der Waals surface area contributed by atoms with Crippen molar-refractivity contribution in [2.75, 3.05) is 7.11 Å². The van der Waals surface area contributed by atoms with Crippen LogP contribution in [-0.4, -0.2) is 33.2 Å². The average Bonchev–Trinajstić information content (AvgIpc) is 2.60. The lowest BCUT2D eigenvalue weighted by Gasteiger charge is -1.96. The molecule has 2 aromatic heterocycles. The number of rotatable bonds is 0. The van der Waals surface area contributed by atoms with Gasteiger partial charge in [0.25, 0.3) is 0 Å². The van der Waals surface area contributed by atoms with Crippen LogP contribution >= 0.6 is 0 Å². The highest BCUT2D eigenvalue weighted by molar-refractivity contribution is 5.82. The Bertz CT molecular complexity index is 450. The Morgan fingerprint density at radius 3 is 3.23 bits per heavy atom. The third-order valence-electron chi connectivity index (χ3n) is 1.57. The molecule has 0 aromatic carbocycles. The highest BCUT2D eigenvalue weighted by Gasteiger charge is 2.11. The second kappa shape index (κ2) is 2.81. The zero-order valence-corrected chi connectivity index (χ0v) is 6.84. The predicted octanol–water partition coefficient (Wildman–Crippen LogP) is 0.441. The predicted molar refractivity (Wildman–Crippen MR) is 43.1 cm³/mol. The Morgan fingerprint density at radius 2 is 2.46 bits per heavy atom. The monoisotopic (exact) mass is 178 g/mol. The van der Waals surface area contributed by atoms with E-state index in [2.05, 4.69) is 20.0 Å². The molecule has 0 saturated carbocycles. The Hall–Kier alpha value is -1.98. The number of ether oxygens (including phenoxy) is 1. The van der Waals surface area contributed by atoms with Crippen molar-refractivity contribution < 1.29 is 9.53 Å². The molecule has 0 N–H and O–H groups in total. The maximum atomic E-state index is 11.1. The first kappa shape index (κ1) is 7.66. The highest BCUT2D eigenvalue weighted by atomic mass is 16.5. The van der Waals surface area contributed by atoms with Crippen LogP contribution in [0.2, 0.25) is 0 Å². The quantitative estimate of drug-likeness (QED) is 0.585. The highest BCUT2D eigenvalue weighted by Crippen LogP contribution is 2.06. The van der Waals surface area contributed by atoms with E-state index in [0.717, 1.165) is 4.68 Å². The van der Waals surface area contributed by atoms with Crippen LogP contribution < -0.4 is 0 Å². The van der Waals surface area contributed by atoms with Gasteiger partial charge in [0.1, 0.15) is 5.52 Å². The number of hydrogen-bond acceptors (Lipinski definition) is 5. The lowest BCUT2D eigenvalue weighted by Crippen LogP contribution is -2.12. The van der Waals surface area contributed by atoms with Gasteiger partial charge in [0.15, 0.2) is 0 Å². The first-order chi connectivity index (χ1) is 6.33. The van der Waals surface area contributed by atoms with Gasteiger partial charge in [-0.3, -0.25) is 0 Å². The van der Waals surface area contributed by atoms with Crippen molar-refractivity contribution in [2.24, 2.45) is 0 Å². The second-order valence-electron chi connectivity index (χ2n) is 2.32. The smallest absolute Gasteiger partial charge is 0.436 e. The molecule has 0 radical (unpaired) electrons. The van der Waals surface area contributed by atoms with Crippen LogP contribution in [0.1, 0.15) is 0 Å². The fraction of sp³-hybridized carbons (Fsp3) is 0.143. The van der Waals surface area contributed by atoms with E-state index in [1.807, 2.05) is 0 Å². The molecule has 0 aliphatic carbocycles. The fourth-order valence-electron chi connectivity index (χ4n) is 0.987. The standard InChI is InChI=1S/C7H6N4O2/c1-13-7(12)11-5-3-2-4-8-6(5)9-10-11/h2-4H,1H3. The van der Waals surface area contributed by atoms with Crippen LogP contribution in [0.4, 0.5) is 4.79 Å². The van der Waals surface area contributed by atoms with Gasteiger partial charge in [-0.25, -0.2) is 9.78 Å². The van der Waals surface area contributed by atoms with Crippen LogP contribution in [-0.2, 0) is 4.74 Å². The third kappa shape index (κ3) is 1.12. The van der Waals surface area contributed by atoms with E-state index in [0.29, 0.717) is 11.2 Å². The van der Waals surface area contributed by atoms with E-state index in [-0.39, 0.29) is 0 Å². The first-order valence-corrected chi connectivity index (χ1v) is 3.57. The number of hydrogen-bond donors (Lipinski definition) is 0. The van der Waals surface area contributed by atoms with Gasteiger partial charge in [-0.1, -0.05) is 5.21 Å². The summed E-state index contributed by atoms with van der Waals surface area (Å²) in [6.07, 6.45) is 1.01. The van der Waals surface area contributed by atoms with Crippen LogP contribution in [0.5, 0.6) is 0 Å². The Morgan fingerprint density at radius 1 is 1.62 bits per heavy atom. The topological polar surface area (TPSA) is 69.9 Å². The molecular weight excluding hydrogens is 172 g/mol. The second-order valence-corrected chi connectivity index (χ2v) is 2.32. The van der Waals surface area contributed by atoms with Crippen molar-refractivity contribution in [3.05, 3.63) is 18.3 Å². The molecule has 0 aliphatic rings. The van der Waals surface area contributed by atoms with Crippen molar-refractivity contribution in [1.82, 2.24) is 20.0 Å². The molecule has 0 aliphatic heterocycles. The molecule has 6 heteroatoms. The van der Waals surface area contributed by atoms with Crippen molar-refractivity contribution in [2.45, 2.75) is 0 Å². The summed E-state index contributed by atoms with van der Waals surface area (Å²) in [7, 11) is 1.28. The van der Waals surface area contributed by atoms with E-state index in [1.54, 1.807) is 18.3 Å². The van der Waals surface area contributed by atoms with Gasteiger partial charge < -0.3 is 4.74 Å². The summed E-state index contributed by atoms with van der Waals surface area (Å²) < 4.78 is 5.55. The summed E-state index contributed by atoms with van der Waals surface area (Å²) >= 11 is 0. The minimum absolute atomic E-state index is 0.424. The van der Waals surface area contributed by atoms with Gasteiger partial charge in [-0.05, 0) is 12.1 Å². The summed E-state index contributed by atoms with van der Waals surface area (Å²) in [6.45, 7) is 0. The maximum absolute atomic E-state index is 11.1. The number of fused-ring (bicyclic) bond motifs is 1. The number of carbonyl (C=O) groups excluding carboxylic acids is 1. The minimum Gasteiger partial charge on any atom is -0.451 e. The van der Waals surface area contributed by atoms with Gasteiger partial charge in [0.05, 0.1) is 7.11 Å². The molecule has 2 heterocycles. The van der Waals surface area contributed by atoms with Gasteiger partial charge in [0.2, 0.25) is 5.65 Å². The first-order valence-electron chi connectivity index (χ1n) is 3.57. The van der Waals surface area contributed by atoms with Gasteiger partial charge in [0, 0.05) is 6.20 Å². The largest absolute Gasteiger partial charge is 0.451 e. The third-order valence-corrected chi connectivity index (χ3v) is 1.57. The summed E-state index contributed by atoms with van der Waals surface area (Å²) in [6, 6.07) is 3.39. The fourth-order valence-corrected chi connectivity index (χ4v) is 0.987. The Balaban J connectivity index is 2.64. The lowest BCUT2D eigenvalue weighted by molar-refractivity contribution is 0.170. The zero-order chi connectivity index (χ0) is 9.26. The molecule has 0 unspecified atom stereocenters. The molecule has 6 nitrogen and oxygen atoms in total. The summed E-state index contributed by atoms with van der Waals surface area (Å²) in [4.78, 5) is 15.0. The Labute approximate surface area is 73.1 Å². The van der Waals surface area contributed by atoms with E-state index in [1.165, 1.54) is 7.11 Å². The van der Waals surface area contributed by atoms with E-state index >= 15 is 0 Å². The number of nitrogens with zero attached hydrogens (tertiary/aromatic N) is 4. The Kier molecular flexibility index (Phi) is 1.66. The normalized spacial score (nSPS) is 10.2. The van der Waals surface area contributed by atoms with Gasteiger partial charge >= 0.3 is 6.09 Å². The molecule has 66 valence electrons. The number of carbonyl (C=O) groups is 1.